The zero-order valence-corrected chi connectivity index (χ0v) is 16.2. The molecule has 25 heavy (non-hydrogen) atoms. The topological polar surface area (TPSA) is 74.3 Å². The number of benzene rings is 1. The number of amides is 1. The van der Waals surface area contributed by atoms with Crippen molar-refractivity contribution in [3.05, 3.63) is 47.8 Å². The van der Waals surface area contributed by atoms with Gasteiger partial charge in [0.2, 0.25) is 0 Å². The summed E-state index contributed by atoms with van der Waals surface area (Å²) in [7, 11) is -0.733. The predicted octanol–water partition coefficient (Wildman–Crippen LogP) is 4.35. The first-order chi connectivity index (χ1) is 11.7. The molecule has 0 unspecified atom stereocenters. The second-order valence-electron chi connectivity index (χ2n) is 6.09. The molecule has 1 aromatic carbocycles. The fourth-order valence-electron chi connectivity index (χ4n) is 1.69. The van der Waals surface area contributed by atoms with Crippen LogP contribution in [0.3, 0.4) is 0 Å². The first-order valence-electron chi connectivity index (χ1n) is 7.75. The number of hydrogen-bond donors (Lipinski definition) is 0. The Morgan fingerprint density at radius 1 is 1.16 bits per heavy atom. The van der Waals surface area contributed by atoms with Gasteiger partial charge in [0.1, 0.15) is 12.2 Å². The summed E-state index contributed by atoms with van der Waals surface area (Å²) in [4.78, 5) is 17.8. The number of ether oxygens (including phenoxy) is 1. The summed E-state index contributed by atoms with van der Waals surface area (Å²) in [6.07, 6.45) is 0.834. The van der Waals surface area contributed by atoms with Crippen LogP contribution in [0.25, 0.3) is 0 Å². The summed E-state index contributed by atoms with van der Waals surface area (Å²) in [5, 5.41) is 1.06. The fourth-order valence-corrected chi connectivity index (χ4v) is 2.43. The Hall–Kier alpha value is -1.66. The van der Waals surface area contributed by atoms with E-state index in [0.717, 1.165) is 10.6 Å². The van der Waals surface area contributed by atoms with Gasteiger partial charge in [0.05, 0.1) is 6.54 Å². The van der Waals surface area contributed by atoms with Gasteiger partial charge in [-0.1, -0.05) is 36.4 Å². The highest BCUT2D eigenvalue weighted by molar-refractivity contribution is 7.57. The minimum atomic E-state index is -3.30. The molecule has 0 heterocycles. The van der Waals surface area contributed by atoms with Gasteiger partial charge in [-0.3, -0.25) is 9.40 Å². The summed E-state index contributed by atoms with van der Waals surface area (Å²) in [6.45, 7) is 5.51. The van der Waals surface area contributed by atoms with Crippen molar-refractivity contribution in [2.45, 2.75) is 33.0 Å². The average molecular weight is 371 g/mol. The van der Waals surface area contributed by atoms with Gasteiger partial charge in [0, 0.05) is 20.0 Å². The predicted molar refractivity (Wildman–Crippen MR) is 94.9 cm³/mol. The molecule has 0 bridgehead atoms. The number of rotatable bonds is 8. The molecule has 0 aromatic heterocycles. The van der Waals surface area contributed by atoms with E-state index in [1.54, 1.807) is 20.8 Å². The normalized spacial score (nSPS) is 12.4. The van der Waals surface area contributed by atoms with Gasteiger partial charge < -0.3 is 13.8 Å². The lowest BCUT2D eigenvalue weighted by Crippen LogP contribution is -2.37. The molecule has 140 valence electrons. The zero-order chi connectivity index (χ0) is 18.9. The molecule has 0 spiro atoms. The van der Waals surface area contributed by atoms with Crippen LogP contribution in [0.4, 0.5) is 4.79 Å². The number of hydrogen-bond acceptors (Lipinski definition) is 6. The monoisotopic (exact) mass is 371 g/mol. The lowest BCUT2D eigenvalue weighted by Gasteiger charge is -2.26. The van der Waals surface area contributed by atoms with E-state index in [0.29, 0.717) is 0 Å². The average Bonchev–Trinajstić information content (AvgIpc) is 2.57. The Morgan fingerprint density at radius 2 is 1.76 bits per heavy atom. The third-order valence-corrected chi connectivity index (χ3v) is 4.49. The smallest absolute Gasteiger partial charge is 0.434 e. The Balaban J connectivity index is 2.78. The van der Waals surface area contributed by atoms with Gasteiger partial charge >= 0.3 is 13.7 Å². The largest absolute Gasteiger partial charge is 0.442 e. The summed E-state index contributed by atoms with van der Waals surface area (Å²) >= 11 is 0. The number of carbonyl (C=O) groups excluding carboxylic acids is 1. The van der Waals surface area contributed by atoms with Gasteiger partial charge in [-0.25, -0.2) is 4.79 Å². The van der Waals surface area contributed by atoms with E-state index in [4.69, 9.17) is 18.6 Å². The van der Waals surface area contributed by atoms with Crippen molar-refractivity contribution in [1.29, 1.82) is 0 Å². The maximum absolute atomic E-state index is 12.3. The Labute approximate surface area is 149 Å². The Morgan fingerprint density at radius 3 is 2.28 bits per heavy atom. The van der Waals surface area contributed by atoms with E-state index in [2.05, 4.69) is 0 Å². The van der Waals surface area contributed by atoms with Crippen molar-refractivity contribution in [2.24, 2.45) is 0 Å². The summed E-state index contributed by atoms with van der Waals surface area (Å²) in [5.41, 5.74) is 0.239. The maximum Gasteiger partial charge on any atom is 0.434 e. The van der Waals surface area contributed by atoms with Crippen molar-refractivity contribution in [2.75, 3.05) is 20.8 Å². The van der Waals surface area contributed by atoms with Crippen LogP contribution in [0.2, 0.25) is 0 Å². The van der Waals surface area contributed by atoms with Crippen molar-refractivity contribution in [1.82, 2.24) is 5.06 Å². The molecule has 1 aromatic rings. The molecule has 1 amide bonds. The third-order valence-electron chi connectivity index (χ3n) is 2.90. The lowest BCUT2D eigenvalue weighted by molar-refractivity contribution is -0.149. The van der Waals surface area contributed by atoms with E-state index in [9.17, 15) is 9.36 Å². The molecule has 8 heteroatoms. The molecular weight excluding hydrogens is 345 g/mol. The highest BCUT2D eigenvalue weighted by atomic mass is 31.2. The van der Waals surface area contributed by atoms with Crippen LogP contribution in [0.1, 0.15) is 26.3 Å². The quantitative estimate of drug-likeness (QED) is 0.499. The van der Waals surface area contributed by atoms with Crippen LogP contribution >= 0.6 is 7.60 Å². The number of nitrogens with zero attached hydrogens (tertiary/aromatic N) is 1. The molecule has 0 N–H and O–H groups in total. The second kappa shape index (κ2) is 9.73. The molecule has 1 rings (SSSR count). The van der Waals surface area contributed by atoms with Gasteiger partial charge in [-0.15, -0.1) is 0 Å². The summed E-state index contributed by atoms with van der Waals surface area (Å²) in [6, 6.07) is 9.42. The minimum absolute atomic E-state index is 0.0262. The van der Waals surface area contributed by atoms with E-state index in [1.807, 2.05) is 30.3 Å². The first kappa shape index (κ1) is 21.4. The molecule has 0 radical (unpaired) electrons. The molecule has 0 aliphatic heterocycles. The van der Waals surface area contributed by atoms with E-state index >= 15 is 0 Å². The van der Waals surface area contributed by atoms with Gasteiger partial charge in [0.25, 0.3) is 0 Å². The molecule has 0 saturated carbocycles. The van der Waals surface area contributed by atoms with Crippen LogP contribution in [-0.2, 0) is 29.8 Å². The summed E-state index contributed by atoms with van der Waals surface area (Å²) in [5.74, 6) is 1.27. The van der Waals surface area contributed by atoms with Crippen LogP contribution in [-0.4, -0.2) is 37.5 Å². The molecule has 0 aliphatic carbocycles. The Bertz CT molecular complexity index is 603. The Kier molecular flexibility index (Phi) is 8.32. The molecule has 0 aliphatic rings. The van der Waals surface area contributed by atoms with Gasteiger partial charge in [-0.2, -0.15) is 5.06 Å². The number of hydroxylamine groups is 2. The number of carbonyl (C=O) groups is 1. The van der Waals surface area contributed by atoms with Crippen LogP contribution < -0.4 is 0 Å². The van der Waals surface area contributed by atoms with Crippen molar-refractivity contribution in [3.8, 4) is 0 Å². The fraction of sp³-hybridized carbons (Fsp3) is 0.471. The minimum Gasteiger partial charge on any atom is -0.442 e. The van der Waals surface area contributed by atoms with E-state index in [-0.39, 0.29) is 13.2 Å². The van der Waals surface area contributed by atoms with Gasteiger partial charge in [-0.05, 0) is 26.3 Å². The second-order valence-corrected chi connectivity index (χ2v) is 8.20. The van der Waals surface area contributed by atoms with Crippen molar-refractivity contribution < 1.29 is 28.0 Å². The summed E-state index contributed by atoms with van der Waals surface area (Å²) < 4.78 is 26.9. The third kappa shape index (κ3) is 8.31. The molecule has 0 atom stereocenters. The highest BCUT2D eigenvalue weighted by Gasteiger charge is 2.23. The lowest BCUT2D eigenvalue weighted by atomic mass is 10.2. The maximum atomic E-state index is 12.3. The highest BCUT2D eigenvalue weighted by Crippen LogP contribution is 2.47. The van der Waals surface area contributed by atoms with Crippen molar-refractivity contribution in [3.63, 3.8) is 0 Å². The SMILES string of the molecule is COP(=O)(/C=C/CN(OCc1ccccc1)C(=O)OC(C)(C)C)OC. The van der Waals surface area contributed by atoms with Crippen LogP contribution in [0, 0.1) is 0 Å². The van der Waals surface area contributed by atoms with Gasteiger partial charge in [0.15, 0.2) is 0 Å². The van der Waals surface area contributed by atoms with Crippen molar-refractivity contribution >= 4 is 13.7 Å². The molecule has 0 saturated heterocycles. The molecule has 0 fully saturated rings. The van der Waals surface area contributed by atoms with Crippen LogP contribution in [0.15, 0.2) is 42.2 Å². The first-order valence-corrected chi connectivity index (χ1v) is 9.36. The van der Waals surface area contributed by atoms with Crippen LogP contribution in [0.5, 0.6) is 0 Å². The van der Waals surface area contributed by atoms with E-state index < -0.39 is 19.3 Å². The zero-order valence-electron chi connectivity index (χ0n) is 15.3. The molecule has 7 nitrogen and oxygen atoms in total. The van der Waals surface area contributed by atoms with E-state index in [1.165, 1.54) is 26.1 Å². The standard InChI is InChI=1S/C17H26NO6P/c1-17(2,3)24-16(19)18(12-9-13-25(20,21-4)22-5)23-14-15-10-7-6-8-11-15/h6-11,13H,12,14H2,1-5H3/b13-9+. The molecular formula is C17H26NO6P.